The highest BCUT2D eigenvalue weighted by Crippen LogP contribution is 2.21. The Kier molecular flexibility index (Phi) is 3.27. The second kappa shape index (κ2) is 4.67. The van der Waals surface area contributed by atoms with Gasteiger partial charge in [0.15, 0.2) is 0 Å². The van der Waals surface area contributed by atoms with Crippen LogP contribution in [0.15, 0.2) is 18.2 Å². The Morgan fingerprint density at radius 1 is 1.13 bits per heavy atom. The predicted molar refractivity (Wildman–Crippen MR) is 64.6 cm³/mol. The normalized spacial score (nSPS) is 17.6. The van der Waals surface area contributed by atoms with Crippen molar-refractivity contribution in [3.05, 3.63) is 29.3 Å². The summed E-state index contributed by atoms with van der Waals surface area (Å²) >= 11 is 0. The van der Waals surface area contributed by atoms with Crippen LogP contribution in [-0.4, -0.2) is 26.2 Å². The van der Waals surface area contributed by atoms with E-state index < -0.39 is 0 Å². The van der Waals surface area contributed by atoms with Crippen molar-refractivity contribution in [1.82, 2.24) is 5.32 Å². The molecule has 0 bridgehead atoms. The van der Waals surface area contributed by atoms with E-state index in [1.165, 1.54) is 23.2 Å². The van der Waals surface area contributed by atoms with E-state index in [9.17, 15) is 0 Å². The molecule has 0 atom stereocenters. The summed E-state index contributed by atoms with van der Waals surface area (Å²) in [5.74, 6) is 0. The molecule has 1 aromatic carbocycles. The molecule has 0 amide bonds. The summed E-state index contributed by atoms with van der Waals surface area (Å²) < 4.78 is 0. The average Bonchev–Trinajstić information content (AvgIpc) is 2.46. The lowest BCUT2D eigenvalue weighted by atomic mass is 10.1. The number of nitrogens with zero attached hydrogens (tertiary/aromatic N) is 2. The van der Waals surface area contributed by atoms with E-state index in [2.05, 4.69) is 42.3 Å². The van der Waals surface area contributed by atoms with Crippen LogP contribution in [0.25, 0.3) is 0 Å². The fraction of sp³-hybridized carbons (Fsp3) is 0.538. The third-order valence-corrected chi connectivity index (χ3v) is 2.97. The lowest BCUT2D eigenvalue weighted by molar-refractivity contribution is 0.709. The molecular formula is C13H19N2. The van der Waals surface area contributed by atoms with E-state index in [1.54, 1.807) is 0 Å². The molecule has 0 N–H and O–H groups in total. The van der Waals surface area contributed by atoms with Crippen molar-refractivity contribution >= 4 is 5.69 Å². The van der Waals surface area contributed by atoms with Gasteiger partial charge in [-0.15, -0.1) is 0 Å². The molecule has 1 radical (unpaired) electrons. The molecule has 2 rings (SSSR count). The van der Waals surface area contributed by atoms with E-state index in [1.807, 2.05) is 0 Å². The molecule has 1 heterocycles. The van der Waals surface area contributed by atoms with Gasteiger partial charge < -0.3 is 4.90 Å². The monoisotopic (exact) mass is 203 g/mol. The lowest BCUT2D eigenvalue weighted by Crippen LogP contribution is -2.27. The van der Waals surface area contributed by atoms with E-state index in [-0.39, 0.29) is 0 Å². The topological polar surface area (TPSA) is 17.3 Å². The van der Waals surface area contributed by atoms with Gasteiger partial charge >= 0.3 is 0 Å². The highest BCUT2D eigenvalue weighted by atomic mass is 15.2. The third-order valence-electron chi connectivity index (χ3n) is 2.97. The van der Waals surface area contributed by atoms with Crippen molar-refractivity contribution < 1.29 is 0 Å². The van der Waals surface area contributed by atoms with Crippen molar-refractivity contribution in [3.8, 4) is 0 Å². The largest absolute Gasteiger partial charge is 0.370 e. The van der Waals surface area contributed by atoms with Gasteiger partial charge in [0.05, 0.1) is 0 Å². The van der Waals surface area contributed by atoms with Gasteiger partial charge in [0.1, 0.15) is 0 Å². The highest BCUT2D eigenvalue weighted by Gasteiger charge is 2.11. The summed E-state index contributed by atoms with van der Waals surface area (Å²) in [5.41, 5.74) is 4.12. The highest BCUT2D eigenvalue weighted by molar-refractivity contribution is 5.54. The lowest BCUT2D eigenvalue weighted by Gasteiger charge is -2.24. The van der Waals surface area contributed by atoms with Gasteiger partial charge in [0, 0.05) is 31.9 Å². The molecule has 1 aliphatic rings. The molecule has 81 valence electrons. The SMILES string of the molecule is Cc1ccc(N2CCC[N]CC2)c(C)c1. The van der Waals surface area contributed by atoms with Crippen LogP contribution >= 0.6 is 0 Å². The zero-order valence-electron chi connectivity index (χ0n) is 9.66. The molecule has 0 aliphatic carbocycles. The molecule has 0 unspecified atom stereocenters. The van der Waals surface area contributed by atoms with Crippen molar-refractivity contribution in [1.29, 1.82) is 0 Å². The summed E-state index contributed by atoms with van der Waals surface area (Å²) in [6.07, 6.45) is 1.19. The smallest absolute Gasteiger partial charge is 0.0396 e. The Morgan fingerprint density at radius 2 is 2.00 bits per heavy atom. The molecule has 2 nitrogen and oxygen atoms in total. The number of hydrogen-bond donors (Lipinski definition) is 0. The average molecular weight is 203 g/mol. The first-order valence-corrected chi connectivity index (χ1v) is 5.73. The zero-order chi connectivity index (χ0) is 10.7. The van der Waals surface area contributed by atoms with Gasteiger partial charge in [-0.05, 0) is 31.9 Å². The Balaban J connectivity index is 2.19. The van der Waals surface area contributed by atoms with Crippen molar-refractivity contribution in [3.63, 3.8) is 0 Å². The molecular weight excluding hydrogens is 184 g/mol. The second-order valence-electron chi connectivity index (χ2n) is 4.30. The van der Waals surface area contributed by atoms with E-state index in [0.29, 0.717) is 0 Å². The molecule has 1 aromatic rings. The number of benzene rings is 1. The molecule has 0 spiro atoms. The number of hydrogen-bond acceptors (Lipinski definition) is 1. The molecule has 1 saturated heterocycles. The van der Waals surface area contributed by atoms with Crippen molar-refractivity contribution in [2.24, 2.45) is 0 Å². The van der Waals surface area contributed by atoms with Crippen LogP contribution in [0.3, 0.4) is 0 Å². The fourth-order valence-electron chi connectivity index (χ4n) is 2.19. The number of rotatable bonds is 1. The first kappa shape index (κ1) is 10.5. The van der Waals surface area contributed by atoms with Crippen LogP contribution in [0.5, 0.6) is 0 Å². The van der Waals surface area contributed by atoms with E-state index in [4.69, 9.17) is 0 Å². The van der Waals surface area contributed by atoms with Gasteiger partial charge in [-0.3, -0.25) is 0 Å². The summed E-state index contributed by atoms with van der Waals surface area (Å²) in [6.45, 7) is 8.57. The maximum Gasteiger partial charge on any atom is 0.0396 e. The van der Waals surface area contributed by atoms with Gasteiger partial charge in [0.25, 0.3) is 0 Å². The number of aryl methyl sites for hydroxylation is 2. The predicted octanol–water partition coefficient (Wildman–Crippen LogP) is 2.12. The van der Waals surface area contributed by atoms with Crippen LogP contribution in [0.1, 0.15) is 17.5 Å². The third kappa shape index (κ3) is 2.51. The van der Waals surface area contributed by atoms with Crippen molar-refractivity contribution in [2.75, 3.05) is 31.1 Å². The zero-order valence-corrected chi connectivity index (χ0v) is 9.66. The van der Waals surface area contributed by atoms with E-state index in [0.717, 1.165) is 26.2 Å². The standard InChI is InChI=1S/C13H19N2/c1-11-4-5-13(12(2)10-11)15-8-3-6-14-7-9-15/h4-5,10H,3,6-9H2,1-2H3. The van der Waals surface area contributed by atoms with Crippen LogP contribution in [0, 0.1) is 13.8 Å². The molecule has 15 heavy (non-hydrogen) atoms. The van der Waals surface area contributed by atoms with Crippen molar-refractivity contribution in [2.45, 2.75) is 20.3 Å². The number of anilines is 1. The fourth-order valence-corrected chi connectivity index (χ4v) is 2.19. The van der Waals surface area contributed by atoms with Crippen LogP contribution in [0.4, 0.5) is 5.69 Å². The van der Waals surface area contributed by atoms with E-state index >= 15 is 0 Å². The summed E-state index contributed by atoms with van der Waals surface area (Å²) in [4.78, 5) is 2.46. The second-order valence-corrected chi connectivity index (χ2v) is 4.30. The Bertz CT molecular complexity index is 325. The summed E-state index contributed by atoms with van der Waals surface area (Å²) in [6, 6.07) is 6.71. The maximum absolute atomic E-state index is 4.45. The molecule has 0 saturated carbocycles. The molecule has 2 heteroatoms. The minimum atomic E-state index is 0.979. The Labute approximate surface area is 92.3 Å². The first-order chi connectivity index (χ1) is 7.27. The van der Waals surface area contributed by atoms with Gasteiger partial charge in [-0.1, -0.05) is 17.7 Å². The molecule has 1 fully saturated rings. The van der Waals surface area contributed by atoms with Crippen LogP contribution in [-0.2, 0) is 0 Å². The Hall–Kier alpha value is -1.02. The summed E-state index contributed by atoms with van der Waals surface area (Å²) in [5, 5.41) is 4.45. The summed E-state index contributed by atoms with van der Waals surface area (Å²) in [7, 11) is 0. The minimum Gasteiger partial charge on any atom is -0.370 e. The van der Waals surface area contributed by atoms with Crippen LogP contribution in [0.2, 0.25) is 0 Å². The molecule has 1 aliphatic heterocycles. The quantitative estimate of drug-likeness (QED) is 0.683. The maximum atomic E-state index is 4.45. The van der Waals surface area contributed by atoms with Gasteiger partial charge in [-0.2, -0.15) is 0 Å². The van der Waals surface area contributed by atoms with Gasteiger partial charge in [-0.25, -0.2) is 5.32 Å². The molecule has 0 aromatic heterocycles. The van der Waals surface area contributed by atoms with Gasteiger partial charge in [0.2, 0.25) is 0 Å². The first-order valence-electron chi connectivity index (χ1n) is 5.73. The minimum absolute atomic E-state index is 0.979. The Morgan fingerprint density at radius 3 is 2.80 bits per heavy atom. The van der Waals surface area contributed by atoms with Crippen LogP contribution < -0.4 is 10.2 Å².